The van der Waals surface area contributed by atoms with Crippen molar-refractivity contribution in [3.8, 4) is 0 Å². The summed E-state index contributed by atoms with van der Waals surface area (Å²) in [5.74, 6) is 0. The molecule has 1 N–H and O–H groups in total. The first-order chi connectivity index (χ1) is 9.22. The molecule has 2 aromatic heterocycles. The number of aromatic nitrogens is 3. The number of ether oxygens (including phenoxy) is 1. The largest absolute Gasteiger partial charge is 0.383 e. The van der Waals surface area contributed by atoms with E-state index in [2.05, 4.69) is 27.5 Å². The standard InChI is InChI=1S/C14H15N3OS/c1-9(8-18-2)17-13-10-5-3-4-6-11(10)15-7-12(13)16-14(17)19/h3-7,9H,8H2,1-2H3,(H,16,19). The SMILES string of the molecule is COCC(C)n1c(=S)[nH]c2cnc3ccccc3c21. The average Bonchev–Trinajstić information content (AvgIpc) is 2.75. The van der Waals surface area contributed by atoms with Gasteiger partial charge in [0.1, 0.15) is 0 Å². The van der Waals surface area contributed by atoms with Crippen LogP contribution in [0.15, 0.2) is 30.5 Å². The molecule has 3 aromatic rings. The molecule has 3 rings (SSSR count). The van der Waals surface area contributed by atoms with Gasteiger partial charge in [0, 0.05) is 12.5 Å². The van der Waals surface area contributed by atoms with Crippen LogP contribution in [0.5, 0.6) is 0 Å². The summed E-state index contributed by atoms with van der Waals surface area (Å²) in [5.41, 5.74) is 3.04. The van der Waals surface area contributed by atoms with Crippen molar-refractivity contribution in [2.75, 3.05) is 13.7 Å². The molecule has 0 spiro atoms. The smallest absolute Gasteiger partial charge is 0.178 e. The van der Waals surface area contributed by atoms with E-state index in [0.717, 1.165) is 21.9 Å². The zero-order valence-electron chi connectivity index (χ0n) is 10.9. The third kappa shape index (κ3) is 1.95. The number of rotatable bonds is 3. The molecule has 0 radical (unpaired) electrons. The molecule has 0 saturated heterocycles. The van der Waals surface area contributed by atoms with Gasteiger partial charge in [0.2, 0.25) is 0 Å². The number of hydrogen-bond donors (Lipinski definition) is 1. The molecule has 0 aliphatic heterocycles. The lowest BCUT2D eigenvalue weighted by Crippen LogP contribution is -2.11. The maximum Gasteiger partial charge on any atom is 0.178 e. The van der Waals surface area contributed by atoms with Crippen molar-refractivity contribution in [1.29, 1.82) is 0 Å². The minimum absolute atomic E-state index is 0.178. The fourth-order valence-corrected chi connectivity index (χ4v) is 2.87. The Morgan fingerprint density at radius 2 is 2.21 bits per heavy atom. The molecule has 0 amide bonds. The summed E-state index contributed by atoms with van der Waals surface area (Å²) in [6, 6.07) is 8.27. The molecule has 0 saturated carbocycles. The van der Waals surface area contributed by atoms with Crippen LogP contribution in [-0.4, -0.2) is 28.3 Å². The minimum atomic E-state index is 0.178. The van der Waals surface area contributed by atoms with E-state index in [0.29, 0.717) is 11.4 Å². The number of benzene rings is 1. The monoisotopic (exact) mass is 273 g/mol. The van der Waals surface area contributed by atoms with Gasteiger partial charge in [0.05, 0.1) is 35.4 Å². The van der Waals surface area contributed by atoms with E-state index in [4.69, 9.17) is 17.0 Å². The molecule has 0 aliphatic rings. The fraction of sp³-hybridized carbons (Fsp3) is 0.286. The minimum Gasteiger partial charge on any atom is -0.383 e. The average molecular weight is 273 g/mol. The topological polar surface area (TPSA) is 42.8 Å². The summed E-state index contributed by atoms with van der Waals surface area (Å²) in [6.45, 7) is 2.72. The number of nitrogens with zero attached hydrogens (tertiary/aromatic N) is 2. The van der Waals surface area contributed by atoms with Gasteiger partial charge in [-0.1, -0.05) is 18.2 Å². The van der Waals surface area contributed by atoms with Crippen LogP contribution < -0.4 is 0 Å². The van der Waals surface area contributed by atoms with E-state index in [-0.39, 0.29) is 6.04 Å². The normalized spacial score (nSPS) is 13.2. The Labute approximate surface area is 116 Å². The van der Waals surface area contributed by atoms with Gasteiger partial charge < -0.3 is 14.3 Å². The maximum absolute atomic E-state index is 5.43. The van der Waals surface area contributed by atoms with Gasteiger partial charge in [-0.15, -0.1) is 0 Å². The van der Waals surface area contributed by atoms with Crippen LogP contribution >= 0.6 is 12.2 Å². The molecule has 1 unspecified atom stereocenters. The van der Waals surface area contributed by atoms with Crippen molar-refractivity contribution < 1.29 is 4.74 Å². The number of para-hydroxylation sites is 1. The van der Waals surface area contributed by atoms with E-state index in [9.17, 15) is 0 Å². The molecule has 1 atom stereocenters. The Kier molecular flexibility index (Phi) is 3.08. The Balaban J connectivity index is 2.40. The molecule has 1 aromatic carbocycles. The predicted molar refractivity (Wildman–Crippen MR) is 79.0 cm³/mol. The van der Waals surface area contributed by atoms with E-state index >= 15 is 0 Å². The molecule has 98 valence electrons. The van der Waals surface area contributed by atoms with Crippen LogP contribution in [0.3, 0.4) is 0 Å². The lowest BCUT2D eigenvalue weighted by molar-refractivity contribution is 0.163. The van der Waals surface area contributed by atoms with Crippen molar-refractivity contribution in [3.05, 3.63) is 35.2 Å². The van der Waals surface area contributed by atoms with E-state index in [1.807, 2.05) is 24.4 Å². The lowest BCUT2D eigenvalue weighted by Gasteiger charge is -2.14. The zero-order chi connectivity index (χ0) is 13.4. The van der Waals surface area contributed by atoms with Gasteiger partial charge in [-0.25, -0.2) is 0 Å². The van der Waals surface area contributed by atoms with Gasteiger partial charge >= 0.3 is 0 Å². The summed E-state index contributed by atoms with van der Waals surface area (Å²) >= 11 is 5.43. The molecular weight excluding hydrogens is 258 g/mol. The first-order valence-corrected chi connectivity index (χ1v) is 6.60. The summed E-state index contributed by atoms with van der Waals surface area (Å²) in [4.78, 5) is 7.67. The molecule has 19 heavy (non-hydrogen) atoms. The number of aromatic amines is 1. The number of methoxy groups -OCH3 is 1. The Bertz CT molecular complexity index is 790. The predicted octanol–water partition coefficient (Wildman–Crippen LogP) is 3.45. The molecule has 0 fully saturated rings. The molecule has 4 nitrogen and oxygen atoms in total. The highest BCUT2D eigenvalue weighted by Gasteiger charge is 2.13. The number of imidazole rings is 1. The highest BCUT2D eigenvalue weighted by atomic mass is 32.1. The van der Waals surface area contributed by atoms with Crippen LogP contribution in [0.2, 0.25) is 0 Å². The van der Waals surface area contributed by atoms with Gasteiger partial charge in [-0.2, -0.15) is 0 Å². The number of hydrogen-bond acceptors (Lipinski definition) is 3. The highest BCUT2D eigenvalue weighted by molar-refractivity contribution is 7.71. The van der Waals surface area contributed by atoms with Gasteiger partial charge in [-0.3, -0.25) is 4.98 Å². The van der Waals surface area contributed by atoms with Crippen LogP contribution in [0.1, 0.15) is 13.0 Å². The van der Waals surface area contributed by atoms with E-state index in [1.165, 1.54) is 0 Å². The Hall–Kier alpha value is -1.72. The van der Waals surface area contributed by atoms with Gasteiger partial charge in [0.15, 0.2) is 4.77 Å². The van der Waals surface area contributed by atoms with Crippen LogP contribution in [0.4, 0.5) is 0 Å². The first-order valence-electron chi connectivity index (χ1n) is 6.19. The van der Waals surface area contributed by atoms with Gasteiger partial charge in [-0.05, 0) is 25.2 Å². The zero-order valence-corrected chi connectivity index (χ0v) is 11.7. The molecule has 0 bridgehead atoms. The van der Waals surface area contributed by atoms with Crippen molar-refractivity contribution in [2.24, 2.45) is 0 Å². The second kappa shape index (κ2) is 4.75. The van der Waals surface area contributed by atoms with Crippen molar-refractivity contribution in [3.63, 3.8) is 0 Å². The number of pyridine rings is 1. The summed E-state index contributed by atoms with van der Waals surface area (Å²) < 4.78 is 8.06. The Morgan fingerprint density at radius 1 is 1.42 bits per heavy atom. The maximum atomic E-state index is 5.43. The van der Waals surface area contributed by atoms with Crippen molar-refractivity contribution >= 4 is 34.2 Å². The van der Waals surface area contributed by atoms with Gasteiger partial charge in [0.25, 0.3) is 0 Å². The Morgan fingerprint density at radius 3 is 3.00 bits per heavy atom. The van der Waals surface area contributed by atoms with E-state index in [1.54, 1.807) is 7.11 Å². The third-order valence-electron chi connectivity index (χ3n) is 3.30. The first kappa shape index (κ1) is 12.3. The van der Waals surface area contributed by atoms with Crippen LogP contribution in [0, 0.1) is 4.77 Å². The lowest BCUT2D eigenvalue weighted by atomic mass is 10.2. The number of fused-ring (bicyclic) bond motifs is 3. The number of H-pyrrole nitrogens is 1. The highest BCUT2D eigenvalue weighted by Crippen LogP contribution is 2.26. The van der Waals surface area contributed by atoms with Crippen LogP contribution in [0.25, 0.3) is 21.9 Å². The summed E-state index contributed by atoms with van der Waals surface area (Å²) in [5, 5.41) is 1.11. The van der Waals surface area contributed by atoms with Crippen molar-refractivity contribution in [1.82, 2.24) is 14.5 Å². The molecule has 2 heterocycles. The number of nitrogens with one attached hydrogen (secondary N) is 1. The van der Waals surface area contributed by atoms with Crippen molar-refractivity contribution in [2.45, 2.75) is 13.0 Å². The third-order valence-corrected chi connectivity index (χ3v) is 3.60. The quantitative estimate of drug-likeness (QED) is 0.743. The summed E-state index contributed by atoms with van der Waals surface area (Å²) in [7, 11) is 1.70. The van der Waals surface area contributed by atoms with E-state index < -0.39 is 0 Å². The summed E-state index contributed by atoms with van der Waals surface area (Å²) in [6.07, 6.45) is 1.84. The molecule has 5 heteroatoms. The van der Waals surface area contributed by atoms with Crippen LogP contribution in [-0.2, 0) is 4.74 Å². The molecular formula is C14H15N3OS. The fourth-order valence-electron chi connectivity index (χ4n) is 2.49. The second-order valence-corrected chi connectivity index (χ2v) is 5.03. The molecule has 0 aliphatic carbocycles. The second-order valence-electron chi connectivity index (χ2n) is 4.64.